The van der Waals surface area contributed by atoms with Crippen molar-refractivity contribution in [3.8, 4) is 0 Å². The Morgan fingerprint density at radius 2 is 1.08 bits per heavy atom. The molecule has 2 nitrogen and oxygen atoms in total. The van der Waals surface area contributed by atoms with Gasteiger partial charge in [-0.05, 0) is 0 Å². The molecule has 0 aromatic rings. The van der Waals surface area contributed by atoms with Crippen molar-refractivity contribution in [2.45, 2.75) is 0 Å². The molecule has 0 atom stereocenters. The number of halogens is 4. The van der Waals surface area contributed by atoms with Gasteiger partial charge in [-0.25, -0.2) is 0 Å². The van der Waals surface area contributed by atoms with Gasteiger partial charge in [0.1, 0.15) is 0 Å². The maximum absolute atomic E-state index is 5.88. The van der Waals surface area contributed by atoms with Gasteiger partial charge in [0.25, 0.3) is 0 Å². The van der Waals surface area contributed by atoms with Gasteiger partial charge >= 0.3 is 82.5 Å². The number of hydrogen-bond acceptors (Lipinski definition) is 2. The average molecular weight is 693 g/mol. The quantitative estimate of drug-likeness (QED) is 0.144. The number of rotatable bonds is 0. The van der Waals surface area contributed by atoms with Crippen LogP contribution in [0.1, 0.15) is 0 Å². The van der Waals surface area contributed by atoms with Gasteiger partial charge in [-0.1, -0.05) is 0 Å². The van der Waals surface area contributed by atoms with Crippen LogP contribution >= 0.6 is 27.5 Å². The molecule has 0 saturated heterocycles. The summed E-state index contributed by atoms with van der Waals surface area (Å²) in [6, 6.07) is 0. The van der Waals surface area contributed by atoms with E-state index in [2.05, 4.69) is 27.5 Å². The second kappa shape index (κ2) is 86.7. The molecular weight excluding hydrogens is 691 g/mol. The van der Waals surface area contributed by atoms with Gasteiger partial charge in [-0.15, -0.1) is 0 Å². The van der Waals surface area contributed by atoms with Crippen LogP contribution in [0.5, 0.6) is 0 Å². The molecule has 0 aliphatic rings. The summed E-state index contributed by atoms with van der Waals surface area (Å²) in [5.74, 6) is 0. The van der Waals surface area contributed by atoms with Crippen LogP contribution in [-0.2, 0) is 44.8 Å². The molecule has 0 fully saturated rings. The molecule has 72 valence electrons. The van der Waals surface area contributed by atoms with Crippen molar-refractivity contribution in [2.24, 2.45) is 0 Å². The Bertz CT molecular complexity index is 52.0. The van der Waals surface area contributed by atoms with Crippen molar-refractivity contribution in [3.05, 3.63) is 0 Å². The standard InChI is InChI=1S/CHBrN.CHClN.2Au.BrH.ClH.2Li/c2*2-1-3;;;;;;/h2*3H;;;2*1H;;/q2*-1;2*+1;;;2*+1/p-2. The second-order valence-corrected chi connectivity index (χ2v) is 0.774. The molecule has 2 N–H and O–H groups in total. The summed E-state index contributed by atoms with van der Waals surface area (Å²) >= 11 is 6.98. The predicted octanol–water partition coefficient (Wildman–Crippen LogP) is -10.4. The van der Waals surface area contributed by atoms with E-state index in [4.69, 9.17) is 10.8 Å². The molecule has 0 unspecified atom stereocenters. The Labute approximate surface area is 158 Å². The summed E-state index contributed by atoms with van der Waals surface area (Å²) < 4.78 is 0. The molecule has 0 aliphatic carbocycles. The van der Waals surface area contributed by atoms with Crippen LogP contribution in [0.2, 0.25) is 0 Å². The van der Waals surface area contributed by atoms with E-state index >= 15 is 0 Å². The first-order valence-electron chi connectivity index (χ1n) is 0.878. The van der Waals surface area contributed by atoms with E-state index in [9.17, 15) is 0 Å². The zero-order valence-electron chi connectivity index (χ0n) is 6.11. The molecule has 0 bridgehead atoms. The first-order chi connectivity index (χ1) is 2.83. The fourth-order valence-corrected chi connectivity index (χ4v) is 0. The van der Waals surface area contributed by atoms with Gasteiger partial charge in [-0.3, -0.25) is 0 Å². The van der Waals surface area contributed by atoms with Crippen molar-refractivity contribution in [2.75, 3.05) is 0 Å². The van der Waals surface area contributed by atoms with Crippen LogP contribution in [0, 0.1) is 10.8 Å². The average Bonchev–Trinajstić information content (AvgIpc) is 1.39. The van der Waals surface area contributed by atoms with Gasteiger partial charge in [0.15, 0.2) is 0 Å². The van der Waals surface area contributed by atoms with Crippen LogP contribution < -0.4 is 67.1 Å². The molecule has 0 aromatic carbocycles. The van der Waals surface area contributed by atoms with Crippen LogP contribution in [0.3, 0.4) is 0 Å². The molecule has 0 amide bonds. The maximum atomic E-state index is 5.88. The van der Waals surface area contributed by atoms with Crippen molar-refractivity contribution >= 4 is 38.3 Å². The largest absolute Gasteiger partial charge is 1.00 e. The second-order valence-electron chi connectivity index (χ2n) is 0.189. The van der Waals surface area contributed by atoms with E-state index in [0.717, 1.165) is 0 Å². The Morgan fingerprint density at radius 1 is 1.08 bits per heavy atom. The molecule has 0 saturated carbocycles. The molecule has 12 heavy (non-hydrogen) atoms. The Morgan fingerprint density at radius 3 is 1.08 bits per heavy atom. The molecule has 10 heteroatoms. The van der Waals surface area contributed by atoms with E-state index in [0.29, 0.717) is 0 Å². The van der Waals surface area contributed by atoms with Crippen molar-refractivity contribution in [3.63, 3.8) is 0 Å². The molecule has 0 aliphatic heterocycles. The smallest absolute Gasteiger partial charge is 1.00 e. The van der Waals surface area contributed by atoms with E-state index in [-0.39, 0.29) is 112 Å². The van der Waals surface area contributed by atoms with E-state index in [1.165, 1.54) is 5.67 Å². The normalized spacial score (nSPS) is 2.17. The Hall–Kier alpha value is 3.56. The topological polar surface area (TPSA) is 47.7 Å². The summed E-state index contributed by atoms with van der Waals surface area (Å²) in [7, 11) is 0. The Kier molecular flexibility index (Phi) is 417. The minimum absolute atomic E-state index is 0. The number of hydrogen-bond donors (Lipinski definition) is 2. The third-order valence-corrected chi connectivity index (χ3v) is 0. The predicted molar refractivity (Wildman–Crippen MR) is 30.2 cm³/mol. The van der Waals surface area contributed by atoms with Crippen LogP contribution in [-0.4, -0.2) is 10.8 Å². The molecule has 0 radical (unpaired) electrons. The third-order valence-electron chi connectivity index (χ3n) is 0. The summed E-state index contributed by atoms with van der Waals surface area (Å²) in [4.78, 5) is 0. The zero-order valence-corrected chi connectivity index (χ0v) is 15.1. The van der Waals surface area contributed by atoms with Gasteiger partial charge < -0.3 is 78.5 Å². The number of nitrogens with one attached hydrogen (secondary N) is 2. The van der Waals surface area contributed by atoms with Gasteiger partial charge in [0.05, 0.1) is 0 Å². The summed E-state index contributed by atoms with van der Waals surface area (Å²) in [5, 5.41) is 13.4. The van der Waals surface area contributed by atoms with Crippen LogP contribution in [0.25, 0.3) is 0 Å². The van der Waals surface area contributed by atoms with E-state index in [1.54, 1.807) is 0 Å². The van der Waals surface area contributed by atoms with Crippen LogP contribution in [0.15, 0.2) is 0 Å². The fourth-order valence-electron chi connectivity index (χ4n) is 0. The SMILES string of the molecule is N=[C-]Br.N=[C-]Cl.[Au+].[Au+].[Br-].[Cl-].[Li+].[Li+]. The van der Waals surface area contributed by atoms with Crippen molar-refractivity contribution in [1.29, 1.82) is 10.8 Å². The van der Waals surface area contributed by atoms with Crippen molar-refractivity contribution < 1.29 is 112 Å². The third kappa shape index (κ3) is 169. The Balaban J connectivity index is -0.00000000296. The van der Waals surface area contributed by atoms with E-state index in [1.807, 2.05) is 5.12 Å². The summed E-state index contributed by atoms with van der Waals surface area (Å²) in [5.41, 5.74) is 1.47. The molecule has 0 rings (SSSR count). The van der Waals surface area contributed by atoms with Gasteiger partial charge in [-0.2, -0.15) is 0 Å². The maximum Gasteiger partial charge on any atom is 1.00 e. The van der Waals surface area contributed by atoms with Gasteiger partial charge in [0, 0.05) is 0 Å². The van der Waals surface area contributed by atoms with Gasteiger partial charge in [0.2, 0.25) is 0 Å². The fraction of sp³-hybridized carbons (Fsp3) is 0. The zero-order chi connectivity index (χ0) is 5.41. The summed E-state index contributed by atoms with van der Waals surface area (Å²) in [6.07, 6.45) is 0. The summed E-state index contributed by atoms with van der Waals surface area (Å²) in [6.45, 7) is 0. The molecule has 0 spiro atoms. The minimum atomic E-state index is 0. The minimum Gasteiger partial charge on any atom is -1.00 e. The first-order valence-corrected chi connectivity index (χ1v) is 2.05. The molecule has 0 aromatic heterocycles. The monoisotopic (exact) mass is 690 g/mol. The molecule has 0 heterocycles. The van der Waals surface area contributed by atoms with Crippen molar-refractivity contribution in [1.82, 2.24) is 0 Å². The first kappa shape index (κ1) is 57.7. The molecular formula is C2H2Au2Br2Cl2Li2N2. The van der Waals surface area contributed by atoms with Crippen LogP contribution in [0.4, 0.5) is 0 Å². The van der Waals surface area contributed by atoms with E-state index < -0.39 is 0 Å².